The highest BCUT2D eigenvalue weighted by molar-refractivity contribution is 7.98. The summed E-state index contributed by atoms with van der Waals surface area (Å²) in [7, 11) is 0. The van der Waals surface area contributed by atoms with Gasteiger partial charge in [0.1, 0.15) is 5.03 Å². The van der Waals surface area contributed by atoms with Crippen molar-refractivity contribution in [2.45, 2.75) is 5.03 Å². The third kappa shape index (κ3) is 1.42. The minimum atomic E-state index is -0.245. The molecule has 0 aliphatic heterocycles. The van der Waals surface area contributed by atoms with Gasteiger partial charge in [-0.05, 0) is 18.4 Å². The Hall–Kier alpha value is -0.570. The first-order valence-electron chi connectivity index (χ1n) is 2.49. The second kappa shape index (κ2) is 2.82. The molecule has 3 heteroatoms. The van der Waals surface area contributed by atoms with Crippen LogP contribution in [0.15, 0.2) is 23.4 Å². The van der Waals surface area contributed by atoms with Crippen molar-refractivity contribution in [3.63, 3.8) is 0 Å². The minimum Gasteiger partial charge on any atom is -0.247 e. The lowest BCUT2D eigenvalue weighted by atomic mass is 10.5. The maximum atomic E-state index is 12.5. The van der Waals surface area contributed by atoms with Gasteiger partial charge in [-0.25, -0.2) is 9.37 Å². The van der Waals surface area contributed by atoms with E-state index in [1.54, 1.807) is 18.5 Å². The number of hydrogen-bond donors (Lipinski definition) is 0. The van der Waals surface area contributed by atoms with E-state index in [0.29, 0.717) is 5.03 Å². The summed E-state index contributed by atoms with van der Waals surface area (Å²) in [6.07, 6.45) is 3.38. The fourth-order valence-electron chi connectivity index (χ4n) is 0.521. The van der Waals surface area contributed by atoms with Crippen LogP contribution in [0.4, 0.5) is 4.39 Å². The summed E-state index contributed by atoms with van der Waals surface area (Å²) in [5.41, 5.74) is 0. The predicted molar refractivity (Wildman–Crippen MR) is 36.0 cm³/mol. The number of rotatable bonds is 1. The van der Waals surface area contributed by atoms with Gasteiger partial charge in [0.05, 0.1) is 0 Å². The van der Waals surface area contributed by atoms with E-state index in [1.165, 1.54) is 17.8 Å². The quantitative estimate of drug-likeness (QED) is 0.557. The molecule has 0 aliphatic carbocycles. The summed E-state index contributed by atoms with van der Waals surface area (Å²) in [4.78, 5) is 3.78. The average molecular weight is 143 g/mol. The zero-order chi connectivity index (χ0) is 6.69. The van der Waals surface area contributed by atoms with E-state index in [2.05, 4.69) is 4.98 Å². The Morgan fingerprint density at radius 1 is 1.67 bits per heavy atom. The van der Waals surface area contributed by atoms with E-state index < -0.39 is 0 Å². The maximum absolute atomic E-state index is 12.5. The lowest BCUT2D eigenvalue weighted by molar-refractivity contribution is 0.588. The Labute approximate surface area is 57.3 Å². The number of aromatic nitrogens is 1. The summed E-state index contributed by atoms with van der Waals surface area (Å²) in [6, 6.07) is 2.98. The first-order chi connectivity index (χ1) is 4.34. The topological polar surface area (TPSA) is 12.9 Å². The monoisotopic (exact) mass is 143 g/mol. The number of pyridine rings is 1. The summed E-state index contributed by atoms with van der Waals surface area (Å²) < 4.78 is 12.5. The Morgan fingerprint density at radius 2 is 2.44 bits per heavy atom. The van der Waals surface area contributed by atoms with Gasteiger partial charge in [-0.1, -0.05) is 0 Å². The maximum Gasteiger partial charge on any atom is 0.155 e. The molecule has 1 nitrogen and oxygen atoms in total. The zero-order valence-electron chi connectivity index (χ0n) is 4.97. The molecule has 0 aromatic carbocycles. The fourth-order valence-corrected chi connectivity index (χ4v) is 0.951. The van der Waals surface area contributed by atoms with Crippen LogP contribution in [0.3, 0.4) is 0 Å². The summed E-state index contributed by atoms with van der Waals surface area (Å²) >= 11 is 1.31. The molecule has 1 heterocycles. The highest BCUT2D eigenvalue weighted by Gasteiger charge is 1.96. The molecule has 0 saturated carbocycles. The van der Waals surface area contributed by atoms with E-state index in [9.17, 15) is 4.39 Å². The lowest BCUT2D eigenvalue weighted by Crippen LogP contribution is -1.81. The van der Waals surface area contributed by atoms with Crippen LogP contribution < -0.4 is 0 Å². The molecular formula is C6H6FNS. The smallest absolute Gasteiger partial charge is 0.155 e. The molecule has 0 atom stereocenters. The lowest BCUT2D eigenvalue weighted by Gasteiger charge is -1.92. The zero-order valence-corrected chi connectivity index (χ0v) is 5.78. The van der Waals surface area contributed by atoms with Crippen molar-refractivity contribution >= 4 is 11.8 Å². The van der Waals surface area contributed by atoms with Gasteiger partial charge in [0, 0.05) is 6.20 Å². The van der Waals surface area contributed by atoms with Crippen LogP contribution in [0.1, 0.15) is 0 Å². The van der Waals surface area contributed by atoms with E-state index in [4.69, 9.17) is 0 Å². The highest BCUT2D eigenvalue weighted by atomic mass is 32.2. The summed E-state index contributed by atoms with van der Waals surface area (Å²) in [5.74, 6) is -0.245. The van der Waals surface area contributed by atoms with Crippen LogP contribution >= 0.6 is 11.8 Å². The minimum absolute atomic E-state index is 0.245. The molecule has 0 fully saturated rings. The normalized spacial score (nSPS) is 9.56. The van der Waals surface area contributed by atoms with Crippen molar-refractivity contribution < 1.29 is 4.39 Å². The molecule has 9 heavy (non-hydrogen) atoms. The van der Waals surface area contributed by atoms with Crippen molar-refractivity contribution in [2.75, 3.05) is 6.26 Å². The summed E-state index contributed by atoms with van der Waals surface area (Å²) in [5, 5.41) is 0.456. The molecule has 0 unspecified atom stereocenters. The Bertz CT molecular complexity index is 202. The largest absolute Gasteiger partial charge is 0.247 e. The number of hydrogen-bond acceptors (Lipinski definition) is 2. The van der Waals surface area contributed by atoms with Crippen LogP contribution in [0.2, 0.25) is 0 Å². The number of halogens is 1. The molecule has 0 saturated heterocycles. The van der Waals surface area contributed by atoms with Crippen LogP contribution in [0.25, 0.3) is 0 Å². The van der Waals surface area contributed by atoms with Gasteiger partial charge >= 0.3 is 0 Å². The van der Waals surface area contributed by atoms with Crippen molar-refractivity contribution in [3.05, 3.63) is 24.1 Å². The van der Waals surface area contributed by atoms with Gasteiger partial charge in [0.25, 0.3) is 0 Å². The van der Waals surface area contributed by atoms with Crippen LogP contribution in [0, 0.1) is 5.82 Å². The van der Waals surface area contributed by atoms with Gasteiger partial charge in [-0.15, -0.1) is 11.8 Å². The molecular weight excluding hydrogens is 137 g/mol. The molecule has 0 bridgehead atoms. The molecule has 1 rings (SSSR count). The van der Waals surface area contributed by atoms with E-state index >= 15 is 0 Å². The molecule has 48 valence electrons. The standard InChI is InChI=1S/C6H6FNS/c1-9-6-5(7)3-2-4-8-6/h2-4H,1H3. The Morgan fingerprint density at radius 3 is 2.89 bits per heavy atom. The van der Waals surface area contributed by atoms with Gasteiger partial charge in [-0.2, -0.15) is 0 Å². The van der Waals surface area contributed by atoms with Crippen LogP contribution in [-0.4, -0.2) is 11.2 Å². The van der Waals surface area contributed by atoms with Crippen molar-refractivity contribution in [1.82, 2.24) is 4.98 Å². The number of nitrogens with zero attached hydrogens (tertiary/aromatic N) is 1. The van der Waals surface area contributed by atoms with E-state index in [1.807, 2.05) is 0 Å². The average Bonchev–Trinajstić information content (AvgIpc) is 1.89. The third-order valence-corrected chi connectivity index (χ3v) is 1.61. The summed E-state index contributed by atoms with van der Waals surface area (Å²) in [6.45, 7) is 0. The predicted octanol–water partition coefficient (Wildman–Crippen LogP) is 1.94. The molecule has 0 radical (unpaired) electrons. The van der Waals surface area contributed by atoms with Crippen molar-refractivity contribution in [2.24, 2.45) is 0 Å². The number of thioether (sulfide) groups is 1. The van der Waals surface area contributed by atoms with Gasteiger partial charge in [0.2, 0.25) is 0 Å². The third-order valence-electron chi connectivity index (χ3n) is 0.918. The van der Waals surface area contributed by atoms with Gasteiger partial charge < -0.3 is 0 Å². The van der Waals surface area contributed by atoms with Crippen LogP contribution in [0.5, 0.6) is 0 Å². The molecule has 0 spiro atoms. The van der Waals surface area contributed by atoms with Gasteiger partial charge in [0.15, 0.2) is 5.82 Å². The Balaban J connectivity index is 3.01. The van der Waals surface area contributed by atoms with Crippen LogP contribution in [-0.2, 0) is 0 Å². The van der Waals surface area contributed by atoms with Gasteiger partial charge in [-0.3, -0.25) is 0 Å². The first-order valence-corrected chi connectivity index (χ1v) is 3.71. The Kier molecular flexibility index (Phi) is 2.05. The highest BCUT2D eigenvalue weighted by Crippen LogP contribution is 2.13. The van der Waals surface area contributed by atoms with Crippen molar-refractivity contribution in [1.29, 1.82) is 0 Å². The van der Waals surface area contributed by atoms with E-state index in [-0.39, 0.29) is 5.82 Å². The molecule has 0 aliphatic rings. The molecule has 1 aromatic rings. The SMILES string of the molecule is CSc1ncccc1F. The second-order valence-electron chi connectivity index (χ2n) is 1.49. The first kappa shape index (κ1) is 6.55. The molecule has 0 amide bonds. The van der Waals surface area contributed by atoms with E-state index in [0.717, 1.165) is 0 Å². The second-order valence-corrected chi connectivity index (χ2v) is 2.29. The molecule has 1 aromatic heterocycles. The fraction of sp³-hybridized carbons (Fsp3) is 0.167. The molecule has 0 N–H and O–H groups in total. The van der Waals surface area contributed by atoms with Crippen molar-refractivity contribution in [3.8, 4) is 0 Å².